The summed E-state index contributed by atoms with van der Waals surface area (Å²) in [7, 11) is 1.63. The summed E-state index contributed by atoms with van der Waals surface area (Å²) >= 11 is 0. The van der Waals surface area contributed by atoms with Crippen molar-refractivity contribution < 1.29 is 13.7 Å². The third kappa shape index (κ3) is 2.38. The van der Waals surface area contributed by atoms with E-state index in [0.717, 1.165) is 10.7 Å². The summed E-state index contributed by atoms with van der Waals surface area (Å²) in [6.07, 6.45) is 0. The lowest BCUT2D eigenvalue weighted by Gasteiger charge is -2.05. The number of hydrogen-bond acceptors (Lipinski definition) is 6. The molecule has 0 amide bonds. The summed E-state index contributed by atoms with van der Waals surface area (Å²) in [5.74, 6) is -2.01. The van der Waals surface area contributed by atoms with Crippen LogP contribution in [0.4, 0.5) is 14.5 Å². The molecule has 0 radical (unpaired) electrons. The van der Waals surface area contributed by atoms with Gasteiger partial charge in [0.25, 0.3) is 0 Å². The molecule has 0 saturated carbocycles. The van der Waals surface area contributed by atoms with Crippen molar-refractivity contribution in [1.82, 2.24) is 25.5 Å². The van der Waals surface area contributed by atoms with Gasteiger partial charge in [-0.25, -0.2) is 4.39 Å². The van der Waals surface area contributed by atoms with Crippen molar-refractivity contribution in [2.45, 2.75) is 6.54 Å². The average molecular weight is 270 g/mol. The third-order valence-electron chi connectivity index (χ3n) is 2.31. The van der Waals surface area contributed by atoms with Crippen LogP contribution < -0.4 is 5.32 Å². The highest BCUT2D eigenvalue weighted by atomic mass is 19.1. The fourth-order valence-corrected chi connectivity index (χ4v) is 1.49. The number of nitro benzene ring substituents is 1. The van der Waals surface area contributed by atoms with Crippen LogP contribution in [-0.2, 0) is 6.54 Å². The predicted octanol–water partition coefficient (Wildman–Crippen LogP) is 0.568. The highest BCUT2D eigenvalue weighted by molar-refractivity contribution is 5.45. The Morgan fingerprint density at radius 3 is 2.79 bits per heavy atom. The van der Waals surface area contributed by atoms with E-state index in [-0.39, 0.29) is 18.1 Å². The summed E-state index contributed by atoms with van der Waals surface area (Å²) in [5.41, 5.74) is -1.13. The molecule has 1 aromatic carbocycles. The van der Waals surface area contributed by atoms with Crippen molar-refractivity contribution in [2.75, 3.05) is 7.05 Å². The van der Waals surface area contributed by atoms with Crippen molar-refractivity contribution in [3.05, 3.63) is 39.7 Å². The molecule has 1 aromatic heterocycles. The molecule has 0 saturated heterocycles. The van der Waals surface area contributed by atoms with Crippen LogP contribution in [0.3, 0.4) is 0 Å². The van der Waals surface area contributed by atoms with Crippen LogP contribution in [0.2, 0.25) is 0 Å². The lowest BCUT2D eigenvalue weighted by atomic mass is 10.2. The zero-order valence-corrected chi connectivity index (χ0v) is 9.67. The predicted molar refractivity (Wildman–Crippen MR) is 58.5 cm³/mol. The Hall–Kier alpha value is -2.49. The van der Waals surface area contributed by atoms with E-state index in [4.69, 9.17) is 0 Å². The minimum Gasteiger partial charge on any atom is -0.313 e. The van der Waals surface area contributed by atoms with E-state index in [9.17, 15) is 18.9 Å². The largest absolute Gasteiger partial charge is 0.313 e. The molecule has 19 heavy (non-hydrogen) atoms. The van der Waals surface area contributed by atoms with E-state index >= 15 is 0 Å². The summed E-state index contributed by atoms with van der Waals surface area (Å²) < 4.78 is 27.9. The maximum Gasteiger partial charge on any atom is 0.307 e. The SMILES string of the molecule is CNCc1nnnn1-c1cc([N+](=O)[O-])c(F)cc1F. The first-order chi connectivity index (χ1) is 9.04. The van der Waals surface area contributed by atoms with Crippen LogP contribution in [0.5, 0.6) is 0 Å². The van der Waals surface area contributed by atoms with Crippen molar-refractivity contribution >= 4 is 5.69 Å². The molecule has 0 spiro atoms. The molecule has 1 heterocycles. The topological polar surface area (TPSA) is 98.8 Å². The van der Waals surface area contributed by atoms with Gasteiger partial charge in [-0.3, -0.25) is 10.1 Å². The van der Waals surface area contributed by atoms with E-state index in [2.05, 4.69) is 20.8 Å². The fraction of sp³-hybridized carbons (Fsp3) is 0.222. The average Bonchev–Trinajstić information content (AvgIpc) is 2.77. The first-order valence-electron chi connectivity index (χ1n) is 5.10. The van der Waals surface area contributed by atoms with E-state index in [0.29, 0.717) is 6.07 Å². The smallest absolute Gasteiger partial charge is 0.307 e. The summed E-state index contributed by atoms with van der Waals surface area (Å²) in [5, 5.41) is 23.9. The van der Waals surface area contributed by atoms with Gasteiger partial charge in [0.1, 0.15) is 5.69 Å². The van der Waals surface area contributed by atoms with Crippen LogP contribution >= 0.6 is 0 Å². The number of tetrazole rings is 1. The lowest BCUT2D eigenvalue weighted by molar-refractivity contribution is -0.387. The number of nitro groups is 1. The lowest BCUT2D eigenvalue weighted by Crippen LogP contribution is -2.13. The van der Waals surface area contributed by atoms with Crippen molar-refractivity contribution in [3.8, 4) is 5.69 Å². The van der Waals surface area contributed by atoms with Gasteiger partial charge in [0.05, 0.1) is 11.5 Å². The van der Waals surface area contributed by atoms with Gasteiger partial charge in [0.2, 0.25) is 5.82 Å². The second kappa shape index (κ2) is 5.02. The molecule has 2 aromatic rings. The monoisotopic (exact) mass is 270 g/mol. The number of rotatable bonds is 4. The normalized spacial score (nSPS) is 10.7. The Morgan fingerprint density at radius 2 is 2.16 bits per heavy atom. The second-order valence-corrected chi connectivity index (χ2v) is 3.55. The van der Waals surface area contributed by atoms with Gasteiger partial charge in [-0.15, -0.1) is 5.10 Å². The molecule has 0 fully saturated rings. The first-order valence-corrected chi connectivity index (χ1v) is 5.10. The van der Waals surface area contributed by atoms with Crippen LogP contribution in [0.25, 0.3) is 5.69 Å². The van der Waals surface area contributed by atoms with Gasteiger partial charge in [-0.2, -0.15) is 9.07 Å². The van der Waals surface area contributed by atoms with Gasteiger partial charge in [0.15, 0.2) is 11.6 Å². The van der Waals surface area contributed by atoms with E-state index in [1.54, 1.807) is 7.05 Å². The number of benzene rings is 1. The minimum atomic E-state index is -1.26. The first kappa shape index (κ1) is 13.0. The number of nitrogens with zero attached hydrogens (tertiary/aromatic N) is 5. The Kier molecular flexibility index (Phi) is 3.42. The summed E-state index contributed by atoms with van der Waals surface area (Å²) in [4.78, 5) is 9.69. The molecule has 0 aliphatic heterocycles. The van der Waals surface area contributed by atoms with Gasteiger partial charge >= 0.3 is 5.69 Å². The molecular formula is C9H8F2N6O2. The highest BCUT2D eigenvalue weighted by Crippen LogP contribution is 2.24. The number of nitrogens with one attached hydrogen (secondary N) is 1. The number of aromatic nitrogens is 4. The van der Waals surface area contributed by atoms with Crippen LogP contribution in [0.1, 0.15) is 5.82 Å². The van der Waals surface area contributed by atoms with E-state index < -0.39 is 22.2 Å². The molecule has 1 N–H and O–H groups in total. The zero-order chi connectivity index (χ0) is 14.0. The summed E-state index contributed by atoms with van der Waals surface area (Å²) in [6, 6.07) is 1.18. The van der Waals surface area contributed by atoms with Crippen molar-refractivity contribution in [2.24, 2.45) is 0 Å². The van der Waals surface area contributed by atoms with Crippen LogP contribution in [-0.4, -0.2) is 32.2 Å². The van der Waals surface area contributed by atoms with Crippen molar-refractivity contribution in [3.63, 3.8) is 0 Å². The van der Waals surface area contributed by atoms with Gasteiger partial charge < -0.3 is 5.32 Å². The van der Waals surface area contributed by atoms with Crippen LogP contribution in [0.15, 0.2) is 12.1 Å². The molecule has 0 unspecified atom stereocenters. The summed E-state index contributed by atoms with van der Waals surface area (Å²) in [6.45, 7) is 0.220. The standard InChI is InChI=1S/C9H8F2N6O2/c1-12-4-9-13-14-15-16(9)7-3-8(17(18)19)6(11)2-5(7)10/h2-3,12H,4H2,1H3. The number of halogens is 2. The molecule has 0 bridgehead atoms. The molecule has 2 rings (SSSR count). The Balaban J connectivity index is 2.58. The molecule has 8 nitrogen and oxygen atoms in total. The van der Waals surface area contributed by atoms with Gasteiger partial charge in [0, 0.05) is 12.1 Å². The molecule has 10 heteroatoms. The Morgan fingerprint density at radius 1 is 1.42 bits per heavy atom. The second-order valence-electron chi connectivity index (χ2n) is 3.55. The van der Waals surface area contributed by atoms with Gasteiger partial charge in [-0.1, -0.05) is 0 Å². The molecule has 0 atom stereocenters. The quantitative estimate of drug-likeness (QED) is 0.644. The zero-order valence-electron chi connectivity index (χ0n) is 9.67. The maximum atomic E-state index is 13.7. The fourth-order valence-electron chi connectivity index (χ4n) is 1.49. The maximum absolute atomic E-state index is 13.7. The molecule has 100 valence electrons. The van der Waals surface area contributed by atoms with Gasteiger partial charge in [-0.05, 0) is 17.5 Å². The highest BCUT2D eigenvalue weighted by Gasteiger charge is 2.21. The minimum absolute atomic E-state index is 0.220. The molecular weight excluding hydrogens is 262 g/mol. The molecule has 0 aliphatic carbocycles. The third-order valence-corrected chi connectivity index (χ3v) is 2.31. The van der Waals surface area contributed by atoms with E-state index in [1.165, 1.54) is 0 Å². The number of hydrogen-bond donors (Lipinski definition) is 1. The van der Waals surface area contributed by atoms with E-state index in [1.807, 2.05) is 0 Å². The Labute approximate surface area is 105 Å². The Bertz CT molecular complexity index is 629. The molecule has 0 aliphatic rings. The van der Waals surface area contributed by atoms with Crippen molar-refractivity contribution in [1.29, 1.82) is 0 Å². The van der Waals surface area contributed by atoms with Crippen LogP contribution in [0, 0.1) is 21.7 Å².